The molecule has 0 saturated heterocycles. The van der Waals surface area contributed by atoms with E-state index in [9.17, 15) is 19.5 Å². The van der Waals surface area contributed by atoms with Gasteiger partial charge in [0.2, 0.25) is 11.8 Å². The lowest BCUT2D eigenvalue weighted by molar-refractivity contribution is -0.128. The minimum atomic E-state index is -1.25. The third-order valence-electron chi connectivity index (χ3n) is 6.47. The first-order valence-corrected chi connectivity index (χ1v) is 13.1. The molecule has 0 aliphatic heterocycles. The molecule has 0 radical (unpaired) electrons. The van der Waals surface area contributed by atoms with E-state index in [1.807, 2.05) is 78.9 Å². The molecule has 6 N–H and O–H groups in total. The zero-order valence-electron chi connectivity index (χ0n) is 22.0. The van der Waals surface area contributed by atoms with E-state index in [0.717, 1.165) is 16.5 Å². The number of primary amides is 1. The lowest BCUT2D eigenvalue weighted by Crippen LogP contribution is -2.55. The molecule has 1 heterocycles. The van der Waals surface area contributed by atoms with Crippen LogP contribution in [0.4, 0.5) is 0 Å². The van der Waals surface area contributed by atoms with Crippen molar-refractivity contribution in [2.45, 2.75) is 37.6 Å². The number of aliphatic hydroxyl groups is 1. The van der Waals surface area contributed by atoms with Gasteiger partial charge in [-0.05, 0) is 29.7 Å². The number of benzene rings is 3. The van der Waals surface area contributed by atoms with E-state index in [0.29, 0.717) is 18.5 Å². The van der Waals surface area contributed by atoms with Gasteiger partial charge < -0.3 is 26.8 Å². The Hall–Kier alpha value is -4.60. The van der Waals surface area contributed by atoms with Gasteiger partial charge in [0.25, 0.3) is 5.91 Å². The quantitative estimate of drug-likeness (QED) is 0.176. The van der Waals surface area contributed by atoms with Gasteiger partial charge in [0.15, 0.2) is 0 Å². The van der Waals surface area contributed by atoms with Gasteiger partial charge in [0, 0.05) is 18.5 Å². The first-order valence-electron chi connectivity index (χ1n) is 13.1. The molecule has 206 valence electrons. The molecule has 3 atom stereocenters. The highest BCUT2D eigenvalue weighted by Gasteiger charge is 2.29. The van der Waals surface area contributed by atoms with E-state index < -0.39 is 42.3 Å². The molecule has 0 bridgehead atoms. The van der Waals surface area contributed by atoms with E-state index in [2.05, 4.69) is 20.9 Å². The van der Waals surface area contributed by atoms with Crippen LogP contribution in [0.25, 0.3) is 10.9 Å². The van der Waals surface area contributed by atoms with Gasteiger partial charge in [-0.1, -0.05) is 84.9 Å². The number of hydrogen-bond acceptors (Lipinski definition) is 6. The summed E-state index contributed by atoms with van der Waals surface area (Å²) in [5, 5.41) is 20.6. The summed E-state index contributed by atoms with van der Waals surface area (Å²) in [6, 6.07) is 27.9. The maximum Gasteiger partial charge on any atom is 0.270 e. The van der Waals surface area contributed by atoms with Crippen LogP contribution in [0.5, 0.6) is 0 Å². The number of carbonyl (C=O) groups is 3. The van der Waals surface area contributed by atoms with Gasteiger partial charge in [0.1, 0.15) is 11.7 Å². The Morgan fingerprint density at radius 1 is 0.800 bits per heavy atom. The molecule has 4 rings (SSSR count). The maximum absolute atomic E-state index is 13.4. The average molecular weight is 540 g/mol. The Labute approximate surface area is 232 Å². The molecule has 3 aromatic carbocycles. The molecule has 0 aliphatic carbocycles. The Bertz CT molecular complexity index is 1430. The predicted octanol–water partition coefficient (Wildman–Crippen LogP) is 2.09. The van der Waals surface area contributed by atoms with Crippen LogP contribution in [0.3, 0.4) is 0 Å². The zero-order valence-corrected chi connectivity index (χ0v) is 22.0. The fourth-order valence-corrected chi connectivity index (χ4v) is 4.37. The fraction of sp³-hybridized carbons (Fsp3) is 0.226. The highest BCUT2D eigenvalue weighted by Crippen LogP contribution is 2.13. The molecule has 0 saturated carbocycles. The summed E-state index contributed by atoms with van der Waals surface area (Å²) in [7, 11) is 0. The second kappa shape index (κ2) is 14.0. The summed E-state index contributed by atoms with van der Waals surface area (Å²) in [4.78, 5) is 42.6. The van der Waals surface area contributed by atoms with Crippen molar-refractivity contribution in [1.82, 2.24) is 20.9 Å². The van der Waals surface area contributed by atoms with Crippen molar-refractivity contribution in [3.05, 3.63) is 114 Å². The van der Waals surface area contributed by atoms with Crippen molar-refractivity contribution in [2.75, 3.05) is 6.54 Å². The standard InChI is InChI=1S/C31H33N5O4/c32-29(38)18-27(36-30(39)25-16-15-23-13-7-8-14-24(23)34-25)31(40)35-26(17-21-9-3-1-4-10-21)28(37)20-33-19-22-11-5-2-6-12-22/h1-16,26-28,33,37H,17-20H2,(H2,32,38)(H,35,40)(H,36,39). The van der Waals surface area contributed by atoms with Gasteiger partial charge in [-0.25, -0.2) is 4.98 Å². The number of carbonyl (C=O) groups excluding carboxylic acids is 3. The number of aliphatic hydroxyl groups excluding tert-OH is 1. The Morgan fingerprint density at radius 2 is 1.45 bits per heavy atom. The number of para-hydroxylation sites is 1. The Kier molecular flexibility index (Phi) is 9.93. The maximum atomic E-state index is 13.4. The SMILES string of the molecule is NC(=O)CC(NC(=O)c1ccc2ccccc2n1)C(=O)NC(Cc1ccccc1)C(O)CNCc1ccccc1. The lowest BCUT2D eigenvalue weighted by Gasteiger charge is -2.27. The number of amides is 3. The highest BCUT2D eigenvalue weighted by atomic mass is 16.3. The molecule has 40 heavy (non-hydrogen) atoms. The monoisotopic (exact) mass is 539 g/mol. The first-order chi connectivity index (χ1) is 19.4. The number of nitrogens with two attached hydrogens (primary N) is 1. The van der Waals surface area contributed by atoms with Gasteiger partial charge in [0.05, 0.1) is 24.1 Å². The first kappa shape index (κ1) is 28.4. The Balaban J connectivity index is 1.46. The molecule has 1 aromatic heterocycles. The van der Waals surface area contributed by atoms with Crippen LogP contribution in [-0.4, -0.2) is 52.5 Å². The molecule has 0 fully saturated rings. The molecule has 0 aliphatic rings. The van der Waals surface area contributed by atoms with E-state index in [-0.39, 0.29) is 12.2 Å². The number of pyridine rings is 1. The smallest absolute Gasteiger partial charge is 0.270 e. The number of aromatic nitrogens is 1. The molecule has 0 spiro atoms. The number of hydrogen-bond donors (Lipinski definition) is 5. The van der Waals surface area contributed by atoms with Gasteiger partial charge >= 0.3 is 0 Å². The van der Waals surface area contributed by atoms with E-state index in [1.165, 1.54) is 0 Å². The van der Waals surface area contributed by atoms with Crippen molar-refractivity contribution in [1.29, 1.82) is 0 Å². The number of rotatable bonds is 13. The van der Waals surface area contributed by atoms with E-state index in [1.54, 1.807) is 18.2 Å². The molecule has 3 unspecified atom stereocenters. The largest absolute Gasteiger partial charge is 0.390 e. The lowest BCUT2D eigenvalue weighted by atomic mass is 10.00. The number of fused-ring (bicyclic) bond motifs is 1. The van der Waals surface area contributed by atoms with Crippen LogP contribution in [-0.2, 0) is 22.6 Å². The molecule has 3 amide bonds. The third-order valence-corrected chi connectivity index (χ3v) is 6.47. The summed E-state index contributed by atoms with van der Waals surface area (Å²) >= 11 is 0. The van der Waals surface area contributed by atoms with Crippen LogP contribution in [0.1, 0.15) is 28.0 Å². The van der Waals surface area contributed by atoms with Gasteiger partial charge in [-0.2, -0.15) is 0 Å². The topological polar surface area (TPSA) is 146 Å². The summed E-state index contributed by atoms with van der Waals surface area (Å²) < 4.78 is 0. The second-order valence-corrected chi connectivity index (χ2v) is 9.57. The van der Waals surface area contributed by atoms with Crippen LogP contribution in [0, 0.1) is 0 Å². The van der Waals surface area contributed by atoms with Crippen molar-refractivity contribution >= 4 is 28.6 Å². The summed E-state index contributed by atoms with van der Waals surface area (Å²) in [5.41, 5.74) is 8.11. The highest BCUT2D eigenvalue weighted by molar-refractivity contribution is 5.99. The summed E-state index contributed by atoms with van der Waals surface area (Å²) in [6.07, 6.45) is -1.03. The Morgan fingerprint density at radius 3 is 2.15 bits per heavy atom. The molecular formula is C31H33N5O4. The molecule has 9 heteroatoms. The van der Waals surface area contributed by atoms with Crippen LogP contribution >= 0.6 is 0 Å². The predicted molar refractivity (Wildman–Crippen MR) is 153 cm³/mol. The molecule has 4 aromatic rings. The number of nitrogens with one attached hydrogen (secondary N) is 3. The fourth-order valence-electron chi connectivity index (χ4n) is 4.37. The van der Waals surface area contributed by atoms with Crippen molar-refractivity contribution in [3.8, 4) is 0 Å². The van der Waals surface area contributed by atoms with Crippen LogP contribution < -0.4 is 21.7 Å². The van der Waals surface area contributed by atoms with Crippen LogP contribution in [0.2, 0.25) is 0 Å². The minimum Gasteiger partial charge on any atom is -0.390 e. The van der Waals surface area contributed by atoms with Crippen molar-refractivity contribution < 1.29 is 19.5 Å². The third kappa shape index (κ3) is 8.20. The van der Waals surface area contributed by atoms with E-state index in [4.69, 9.17) is 5.73 Å². The number of nitrogens with zero attached hydrogens (tertiary/aromatic N) is 1. The minimum absolute atomic E-state index is 0.104. The average Bonchev–Trinajstić information content (AvgIpc) is 2.97. The van der Waals surface area contributed by atoms with Crippen molar-refractivity contribution in [3.63, 3.8) is 0 Å². The van der Waals surface area contributed by atoms with Crippen molar-refractivity contribution in [2.24, 2.45) is 5.73 Å². The zero-order chi connectivity index (χ0) is 28.3. The molecular weight excluding hydrogens is 506 g/mol. The molecule has 9 nitrogen and oxygen atoms in total. The van der Waals surface area contributed by atoms with Crippen LogP contribution in [0.15, 0.2) is 97.1 Å². The summed E-state index contributed by atoms with van der Waals surface area (Å²) in [5.74, 6) is -2.00. The second-order valence-electron chi connectivity index (χ2n) is 9.57. The van der Waals surface area contributed by atoms with Gasteiger partial charge in [-0.3, -0.25) is 14.4 Å². The normalized spacial score (nSPS) is 13.2. The van der Waals surface area contributed by atoms with E-state index >= 15 is 0 Å². The van der Waals surface area contributed by atoms with Gasteiger partial charge in [-0.15, -0.1) is 0 Å². The summed E-state index contributed by atoms with van der Waals surface area (Å²) in [6.45, 7) is 0.754.